The number of nitrogens with two attached hydrogens (primary N) is 2. The van der Waals surface area contributed by atoms with E-state index in [1.807, 2.05) is 35.2 Å². The summed E-state index contributed by atoms with van der Waals surface area (Å²) in [5.41, 5.74) is 13.4. The molecule has 0 unspecified atom stereocenters. The van der Waals surface area contributed by atoms with E-state index in [-0.39, 0.29) is 22.0 Å². The van der Waals surface area contributed by atoms with Gasteiger partial charge in [0.2, 0.25) is 5.91 Å². The zero-order valence-electron chi connectivity index (χ0n) is 23.5. The van der Waals surface area contributed by atoms with Gasteiger partial charge < -0.3 is 21.1 Å². The Hall–Kier alpha value is -3.82. The number of aryl methyl sites for hydroxylation is 1. The van der Waals surface area contributed by atoms with Crippen molar-refractivity contribution in [2.75, 3.05) is 14.2 Å². The zero-order chi connectivity index (χ0) is 29.7. The molecule has 9 heteroatoms. The lowest BCUT2D eigenvalue weighted by Crippen LogP contribution is -2.41. The Bertz CT molecular complexity index is 1550. The van der Waals surface area contributed by atoms with Crippen LogP contribution in [0.25, 0.3) is 21.2 Å². The number of primary amides is 1. The number of hydrogen-bond donors (Lipinski definition) is 2. The van der Waals surface area contributed by atoms with Crippen LogP contribution in [0.15, 0.2) is 54.6 Å². The molecule has 216 valence electrons. The third kappa shape index (κ3) is 6.26. The summed E-state index contributed by atoms with van der Waals surface area (Å²) in [6.07, 6.45) is 4.90. The van der Waals surface area contributed by atoms with Crippen LogP contribution in [0.5, 0.6) is 5.75 Å². The number of amides is 2. The summed E-state index contributed by atoms with van der Waals surface area (Å²) in [7, 11) is 3.09. The molecule has 1 aliphatic rings. The minimum Gasteiger partial charge on any atom is -0.496 e. The van der Waals surface area contributed by atoms with E-state index in [1.165, 1.54) is 7.05 Å². The largest absolute Gasteiger partial charge is 0.496 e. The highest BCUT2D eigenvalue weighted by atomic mass is 32.1. The fourth-order valence-electron chi connectivity index (χ4n) is 5.46. The molecule has 0 radical (unpaired) electrons. The molecule has 5 rings (SSSR count). The van der Waals surface area contributed by atoms with Crippen LogP contribution in [-0.2, 0) is 6.54 Å². The molecule has 1 aromatic heterocycles. The van der Waals surface area contributed by atoms with Gasteiger partial charge in [0.15, 0.2) is 0 Å². The predicted octanol–water partition coefficient (Wildman–Crippen LogP) is 6.81. The maximum atomic E-state index is 14.7. The first-order valence-electron chi connectivity index (χ1n) is 13.6. The van der Waals surface area contributed by atoms with Crippen LogP contribution in [0, 0.1) is 18.6 Å². The Morgan fingerprint density at radius 2 is 1.59 bits per heavy atom. The SMILES string of the molecule is CN.COc1ccc(-c2ccc(C(N)=O)cc2)cc1CN(C(=O)c1sc2c(F)ccc(F)c2c1C)C1CCCCC1. The molecule has 6 nitrogen and oxygen atoms in total. The minimum atomic E-state index is -0.528. The first-order valence-corrected chi connectivity index (χ1v) is 14.4. The van der Waals surface area contributed by atoms with Gasteiger partial charge >= 0.3 is 0 Å². The predicted molar refractivity (Wildman–Crippen MR) is 160 cm³/mol. The van der Waals surface area contributed by atoms with Crippen molar-refractivity contribution < 1.29 is 23.1 Å². The highest BCUT2D eigenvalue weighted by Crippen LogP contribution is 2.37. The van der Waals surface area contributed by atoms with E-state index in [4.69, 9.17) is 10.5 Å². The fraction of sp³-hybridized carbons (Fsp3) is 0.312. The van der Waals surface area contributed by atoms with Crippen LogP contribution in [0.2, 0.25) is 0 Å². The third-order valence-corrected chi connectivity index (χ3v) is 8.86. The number of methoxy groups -OCH3 is 1. The van der Waals surface area contributed by atoms with Crippen molar-refractivity contribution in [3.05, 3.63) is 87.8 Å². The molecule has 1 heterocycles. The van der Waals surface area contributed by atoms with Crippen molar-refractivity contribution in [3.63, 3.8) is 0 Å². The molecule has 4 aromatic rings. The van der Waals surface area contributed by atoms with Gasteiger partial charge in [-0.3, -0.25) is 9.59 Å². The number of benzene rings is 3. The smallest absolute Gasteiger partial charge is 0.264 e. The number of ether oxygens (including phenoxy) is 1. The average Bonchev–Trinajstić information content (AvgIpc) is 3.37. The molecule has 0 saturated heterocycles. The van der Waals surface area contributed by atoms with E-state index < -0.39 is 17.5 Å². The van der Waals surface area contributed by atoms with Gasteiger partial charge in [0.05, 0.1) is 16.7 Å². The zero-order valence-corrected chi connectivity index (χ0v) is 24.3. The maximum absolute atomic E-state index is 14.7. The Kier molecular flexibility index (Phi) is 9.73. The second-order valence-electron chi connectivity index (χ2n) is 9.98. The first-order chi connectivity index (χ1) is 19.8. The van der Waals surface area contributed by atoms with Crippen LogP contribution in [0.4, 0.5) is 8.78 Å². The van der Waals surface area contributed by atoms with E-state index in [0.29, 0.717) is 28.3 Å². The quantitative estimate of drug-likeness (QED) is 0.251. The molecule has 0 aliphatic heterocycles. The molecule has 2 amide bonds. The van der Waals surface area contributed by atoms with Crippen molar-refractivity contribution in [1.29, 1.82) is 0 Å². The molecule has 0 bridgehead atoms. The first kappa shape index (κ1) is 30.1. The van der Waals surface area contributed by atoms with Gasteiger partial charge in [-0.2, -0.15) is 0 Å². The van der Waals surface area contributed by atoms with Crippen LogP contribution >= 0.6 is 11.3 Å². The van der Waals surface area contributed by atoms with Gasteiger partial charge in [0, 0.05) is 29.1 Å². The van der Waals surface area contributed by atoms with Gasteiger partial charge in [0.25, 0.3) is 5.91 Å². The van der Waals surface area contributed by atoms with Crippen LogP contribution < -0.4 is 16.2 Å². The third-order valence-electron chi connectivity index (χ3n) is 7.57. The standard InChI is InChI=1S/C31H30F2N2O3S.CH5N/c1-18-27-24(32)13-14-25(33)29(27)39-28(18)31(37)35(23-6-4-3-5-7-23)17-22-16-21(12-15-26(22)38-2)19-8-10-20(11-9-19)30(34)36;1-2/h8-16,23H,3-7,17H2,1-2H3,(H2,34,36);2H2,1H3. The van der Waals surface area contributed by atoms with Crippen molar-refractivity contribution in [3.8, 4) is 16.9 Å². The number of fused-ring (bicyclic) bond motifs is 1. The number of thiophene rings is 1. The van der Waals surface area contributed by atoms with E-state index in [1.54, 1.807) is 26.2 Å². The molecule has 1 aliphatic carbocycles. The Morgan fingerprint density at radius 3 is 2.20 bits per heavy atom. The lowest BCUT2D eigenvalue weighted by Gasteiger charge is -2.35. The lowest BCUT2D eigenvalue weighted by molar-refractivity contribution is 0.0617. The molecule has 1 saturated carbocycles. The fourth-order valence-corrected chi connectivity index (χ4v) is 6.64. The van der Waals surface area contributed by atoms with E-state index >= 15 is 0 Å². The molecule has 4 N–H and O–H groups in total. The second-order valence-corrected chi connectivity index (χ2v) is 11.0. The topological polar surface area (TPSA) is 98.7 Å². The molecule has 0 spiro atoms. The van der Waals surface area contributed by atoms with Crippen LogP contribution in [-0.4, -0.2) is 36.9 Å². The molecular weight excluding hydrogens is 544 g/mol. The van der Waals surface area contributed by atoms with Gasteiger partial charge in [-0.15, -0.1) is 11.3 Å². The average molecular weight is 580 g/mol. The number of nitrogens with zero attached hydrogens (tertiary/aromatic N) is 1. The normalized spacial score (nSPS) is 13.4. The molecular formula is C32H35F2N3O3S. The van der Waals surface area contributed by atoms with E-state index in [9.17, 15) is 18.4 Å². The monoisotopic (exact) mass is 579 g/mol. The summed E-state index contributed by atoms with van der Waals surface area (Å²) in [4.78, 5) is 27.8. The number of halogens is 2. The number of carbonyl (C=O) groups is 2. The van der Waals surface area contributed by atoms with Gasteiger partial charge in [-0.25, -0.2) is 8.78 Å². The summed E-state index contributed by atoms with van der Waals surface area (Å²) in [6.45, 7) is 1.98. The highest BCUT2D eigenvalue weighted by Gasteiger charge is 2.31. The van der Waals surface area contributed by atoms with E-state index in [2.05, 4.69) is 5.73 Å². The summed E-state index contributed by atoms with van der Waals surface area (Å²) in [6, 6.07) is 15.0. The molecule has 41 heavy (non-hydrogen) atoms. The number of hydrogen-bond acceptors (Lipinski definition) is 5. The summed E-state index contributed by atoms with van der Waals surface area (Å²) in [5, 5.41) is 0.172. The second kappa shape index (κ2) is 13.2. The number of rotatable bonds is 7. The summed E-state index contributed by atoms with van der Waals surface area (Å²) < 4.78 is 35.1. The van der Waals surface area contributed by atoms with Crippen molar-refractivity contribution in [2.45, 2.75) is 51.6 Å². The number of carbonyl (C=O) groups excluding carboxylic acids is 2. The van der Waals surface area contributed by atoms with Crippen molar-refractivity contribution in [1.82, 2.24) is 4.90 Å². The van der Waals surface area contributed by atoms with Crippen molar-refractivity contribution in [2.24, 2.45) is 11.5 Å². The van der Waals surface area contributed by atoms with Crippen molar-refractivity contribution >= 4 is 33.2 Å². The Balaban J connectivity index is 0.00000189. The van der Waals surface area contributed by atoms with Gasteiger partial charge in [0.1, 0.15) is 17.4 Å². The van der Waals surface area contributed by atoms with Gasteiger partial charge in [-0.05, 0) is 79.9 Å². The molecule has 3 aromatic carbocycles. The summed E-state index contributed by atoms with van der Waals surface area (Å²) in [5.74, 6) is -1.13. The van der Waals surface area contributed by atoms with E-state index in [0.717, 1.165) is 72.3 Å². The van der Waals surface area contributed by atoms with Gasteiger partial charge in [-0.1, -0.05) is 37.5 Å². The lowest BCUT2D eigenvalue weighted by atomic mass is 9.93. The highest BCUT2D eigenvalue weighted by molar-refractivity contribution is 7.21. The van der Waals surface area contributed by atoms with Crippen LogP contribution in [0.3, 0.4) is 0 Å². The Morgan fingerprint density at radius 1 is 0.951 bits per heavy atom. The maximum Gasteiger partial charge on any atom is 0.264 e. The Labute approximate surface area is 242 Å². The molecule has 0 atom stereocenters. The summed E-state index contributed by atoms with van der Waals surface area (Å²) >= 11 is 1.01. The molecule has 1 fully saturated rings. The minimum absolute atomic E-state index is 0.00812. The van der Waals surface area contributed by atoms with Crippen LogP contribution in [0.1, 0.15) is 63.3 Å².